The fraction of sp³-hybridized carbons (Fsp3) is 0.267. The number of carbonyl (C=O) groups excluding carboxylic acids is 1. The lowest BCUT2D eigenvalue weighted by Crippen LogP contribution is -2.37. The van der Waals surface area contributed by atoms with Gasteiger partial charge in [-0.2, -0.15) is 0 Å². The summed E-state index contributed by atoms with van der Waals surface area (Å²) in [4.78, 5) is 44.2. The highest BCUT2D eigenvalue weighted by Gasteiger charge is 2.14. The first-order chi connectivity index (χ1) is 11.5. The van der Waals surface area contributed by atoms with Gasteiger partial charge in [0.2, 0.25) is 5.91 Å². The highest BCUT2D eigenvalue weighted by molar-refractivity contribution is 5.90. The molecule has 0 spiro atoms. The van der Waals surface area contributed by atoms with E-state index in [2.05, 4.69) is 15.3 Å². The van der Waals surface area contributed by atoms with Gasteiger partial charge in [-0.3, -0.25) is 23.7 Å². The van der Waals surface area contributed by atoms with Crippen LogP contribution in [0.15, 0.2) is 40.4 Å². The van der Waals surface area contributed by atoms with E-state index in [0.29, 0.717) is 16.9 Å². The molecule has 0 aliphatic carbocycles. The van der Waals surface area contributed by atoms with Crippen molar-refractivity contribution < 1.29 is 4.79 Å². The average molecular weight is 328 g/mol. The van der Waals surface area contributed by atoms with E-state index in [1.165, 1.54) is 17.9 Å². The first-order valence-electron chi connectivity index (χ1n) is 7.30. The van der Waals surface area contributed by atoms with Crippen LogP contribution in [-0.2, 0) is 25.4 Å². The van der Waals surface area contributed by atoms with E-state index < -0.39 is 11.2 Å². The van der Waals surface area contributed by atoms with Crippen LogP contribution in [-0.4, -0.2) is 29.6 Å². The summed E-state index contributed by atoms with van der Waals surface area (Å²) in [5.41, 5.74) is 0.395. The van der Waals surface area contributed by atoms with E-state index in [0.717, 1.165) is 4.57 Å². The number of aromatic nitrogens is 5. The average Bonchev–Trinajstić information content (AvgIpc) is 3.01. The Labute approximate surface area is 136 Å². The number of hydrogen-bond donors (Lipinski definition) is 1. The van der Waals surface area contributed by atoms with Crippen molar-refractivity contribution >= 4 is 22.8 Å². The van der Waals surface area contributed by atoms with Gasteiger partial charge < -0.3 is 9.88 Å². The molecule has 0 aromatic carbocycles. The highest BCUT2D eigenvalue weighted by atomic mass is 16.2. The Hall–Kier alpha value is -3.23. The number of imidazole rings is 1. The van der Waals surface area contributed by atoms with E-state index in [-0.39, 0.29) is 18.9 Å². The lowest BCUT2D eigenvalue weighted by molar-refractivity contribution is -0.116. The number of aryl methyl sites for hydroxylation is 2. The fourth-order valence-corrected chi connectivity index (χ4v) is 2.45. The van der Waals surface area contributed by atoms with Gasteiger partial charge in [0.25, 0.3) is 5.56 Å². The fourth-order valence-electron chi connectivity index (χ4n) is 2.45. The van der Waals surface area contributed by atoms with Gasteiger partial charge in [0.15, 0.2) is 11.2 Å². The van der Waals surface area contributed by atoms with Crippen LogP contribution in [0, 0.1) is 0 Å². The van der Waals surface area contributed by atoms with Crippen LogP contribution in [0.25, 0.3) is 11.2 Å². The van der Waals surface area contributed by atoms with Crippen LogP contribution < -0.4 is 16.6 Å². The Morgan fingerprint density at radius 1 is 1.17 bits per heavy atom. The van der Waals surface area contributed by atoms with Crippen molar-refractivity contribution in [1.29, 1.82) is 0 Å². The summed E-state index contributed by atoms with van der Waals surface area (Å²) >= 11 is 0. The first kappa shape index (κ1) is 15.7. The Morgan fingerprint density at radius 2 is 1.88 bits per heavy atom. The summed E-state index contributed by atoms with van der Waals surface area (Å²) in [6.07, 6.45) is 4.80. The van der Waals surface area contributed by atoms with E-state index in [1.807, 2.05) is 0 Å². The largest absolute Gasteiger partial charge is 0.332 e. The van der Waals surface area contributed by atoms with E-state index >= 15 is 0 Å². The maximum Gasteiger partial charge on any atom is 0.332 e. The molecule has 3 aromatic heterocycles. The van der Waals surface area contributed by atoms with Crippen molar-refractivity contribution in [1.82, 2.24) is 23.7 Å². The molecule has 0 atom stereocenters. The Balaban J connectivity index is 1.83. The number of nitrogens with zero attached hydrogens (tertiary/aromatic N) is 5. The maximum atomic E-state index is 12.3. The summed E-state index contributed by atoms with van der Waals surface area (Å²) < 4.78 is 3.92. The van der Waals surface area contributed by atoms with E-state index in [1.54, 1.807) is 36.1 Å². The van der Waals surface area contributed by atoms with Gasteiger partial charge >= 0.3 is 5.69 Å². The summed E-state index contributed by atoms with van der Waals surface area (Å²) in [5, 5.41) is 2.75. The summed E-state index contributed by atoms with van der Waals surface area (Å²) in [7, 11) is 2.97. The van der Waals surface area contributed by atoms with Crippen molar-refractivity contribution in [2.45, 2.75) is 13.0 Å². The number of fused-ring (bicyclic) bond motifs is 1. The molecule has 0 unspecified atom stereocenters. The van der Waals surface area contributed by atoms with Crippen LogP contribution in [0.1, 0.15) is 6.42 Å². The van der Waals surface area contributed by atoms with Crippen LogP contribution in [0.4, 0.5) is 5.69 Å². The van der Waals surface area contributed by atoms with Gasteiger partial charge in [-0.25, -0.2) is 9.78 Å². The molecular weight excluding hydrogens is 312 g/mol. The predicted molar refractivity (Wildman–Crippen MR) is 87.7 cm³/mol. The van der Waals surface area contributed by atoms with Gasteiger partial charge in [0, 0.05) is 45.1 Å². The molecule has 0 aliphatic rings. The third kappa shape index (κ3) is 2.71. The summed E-state index contributed by atoms with van der Waals surface area (Å²) in [6.45, 7) is 0.279. The number of rotatable bonds is 4. The second-order valence-electron chi connectivity index (χ2n) is 5.35. The van der Waals surface area contributed by atoms with Gasteiger partial charge in [-0.05, 0) is 12.1 Å². The maximum absolute atomic E-state index is 12.3. The van der Waals surface area contributed by atoms with Crippen molar-refractivity contribution in [2.24, 2.45) is 14.1 Å². The van der Waals surface area contributed by atoms with Gasteiger partial charge in [-0.15, -0.1) is 0 Å². The Kier molecular flexibility index (Phi) is 3.98. The minimum atomic E-state index is -0.437. The van der Waals surface area contributed by atoms with Gasteiger partial charge in [-0.1, -0.05) is 0 Å². The molecule has 24 heavy (non-hydrogen) atoms. The monoisotopic (exact) mass is 328 g/mol. The molecule has 0 saturated heterocycles. The van der Waals surface area contributed by atoms with E-state index in [9.17, 15) is 14.4 Å². The topological polar surface area (TPSA) is 104 Å². The zero-order valence-electron chi connectivity index (χ0n) is 13.3. The third-order valence-corrected chi connectivity index (χ3v) is 3.76. The molecule has 0 fully saturated rings. The molecule has 9 nitrogen and oxygen atoms in total. The van der Waals surface area contributed by atoms with Crippen LogP contribution in [0.3, 0.4) is 0 Å². The lowest BCUT2D eigenvalue weighted by atomic mass is 10.3. The SMILES string of the molecule is Cn1c(=O)c2c(ncn2CCC(=O)Nc2ccncc2)n(C)c1=O. The lowest BCUT2D eigenvalue weighted by Gasteiger charge is -2.07. The van der Waals surface area contributed by atoms with Crippen molar-refractivity contribution in [3.05, 3.63) is 51.7 Å². The van der Waals surface area contributed by atoms with E-state index in [4.69, 9.17) is 0 Å². The minimum absolute atomic E-state index is 0.166. The molecule has 3 heterocycles. The molecule has 0 saturated carbocycles. The molecule has 9 heteroatoms. The standard InChI is InChI=1S/C15H16N6O3/c1-19-13-12(14(23)20(2)15(19)24)21(9-17-13)8-5-11(22)18-10-3-6-16-7-4-10/h3-4,6-7,9H,5,8H2,1-2H3,(H,16,18,22). The number of anilines is 1. The van der Waals surface area contributed by atoms with Crippen molar-refractivity contribution in [3.8, 4) is 0 Å². The molecular formula is C15H16N6O3. The summed E-state index contributed by atoms with van der Waals surface area (Å²) in [5.74, 6) is -0.190. The molecule has 0 aliphatic heterocycles. The van der Waals surface area contributed by atoms with Crippen molar-refractivity contribution in [2.75, 3.05) is 5.32 Å². The zero-order valence-corrected chi connectivity index (χ0v) is 13.3. The normalized spacial score (nSPS) is 10.9. The van der Waals surface area contributed by atoms with Gasteiger partial charge in [0.05, 0.1) is 6.33 Å². The highest BCUT2D eigenvalue weighted by Crippen LogP contribution is 2.08. The molecule has 0 radical (unpaired) electrons. The molecule has 1 N–H and O–H groups in total. The van der Waals surface area contributed by atoms with Gasteiger partial charge in [0.1, 0.15) is 0 Å². The smallest absolute Gasteiger partial charge is 0.326 e. The molecule has 124 valence electrons. The summed E-state index contributed by atoms with van der Waals surface area (Å²) in [6, 6.07) is 3.38. The van der Waals surface area contributed by atoms with Crippen LogP contribution >= 0.6 is 0 Å². The van der Waals surface area contributed by atoms with Crippen LogP contribution in [0.2, 0.25) is 0 Å². The van der Waals surface area contributed by atoms with Crippen molar-refractivity contribution in [3.63, 3.8) is 0 Å². The number of hydrogen-bond acceptors (Lipinski definition) is 5. The number of pyridine rings is 1. The Morgan fingerprint density at radius 3 is 2.58 bits per heavy atom. The number of amides is 1. The molecule has 3 aromatic rings. The Bertz CT molecular complexity index is 1020. The second-order valence-corrected chi connectivity index (χ2v) is 5.35. The second kappa shape index (κ2) is 6.11. The minimum Gasteiger partial charge on any atom is -0.326 e. The number of nitrogens with one attached hydrogen (secondary N) is 1. The zero-order chi connectivity index (χ0) is 17.3. The van der Waals surface area contributed by atoms with Crippen LogP contribution in [0.5, 0.6) is 0 Å². The number of carbonyl (C=O) groups is 1. The molecule has 3 rings (SSSR count). The molecule has 0 bridgehead atoms. The third-order valence-electron chi connectivity index (χ3n) is 3.76. The predicted octanol–water partition coefficient (Wildman–Crippen LogP) is -0.143. The first-order valence-corrected chi connectivity index (χ1v) is 7.30. The quantitative estimate of drug-likeness (QED) is 0.718. The molecule has 1 amide bonds.